The highest BCUT2D eigenvalue weighted by Gasteiger charge is 2.55. The van der Waals surface area contributed by atoms with Crippen molar-refractivity contribution in [1.29, 1.82) is 0 Å². The van der Waals surface area contributed by atoms with Crippen LogP contribution >= 0.6 is 0 Å². The summed E-state index contributed by atoms with van der Waals surface area (Å²) in [6, 6.07) is 29.0. The molecular weight excluding hydrogens is 408 g/mol. The first-order valence-electron chi connectivity index (χ1n) is 11.8. The predicted octanol–water partition coefficient (Wildman–Crippen LogP) is 4.11. The molecular formula is C29H30N2O2. The first-order valence-corrected chi connectivity index (χ1v) is 11.8. The minimum absolute atomic E-state index is 0.0669. The van der Waals surface area contributed by atoms with Gasteiger partial charge in [-0.3, -0.25) is 9.59 Å². The summed E-state index contributed by atoms with van der Waals surface area (Å²) in [5, 5.41) is 0. The highest BCUT2D eigenvalue weighted by Crippen LogP contribution is 2.52. The van der Waals surface area contributed by atoms with Crippen LogP contribution in [0.1, 0.15) is 35.1 Å². The smallest absolute Gasteiger partial charge is 0.227 e. The average molecular weight is 439 g/mol. The second-order valence-corrected chi connectivity index (χ2v) is 9.33. The van der Waals surface area contributed by atoms with E-state index in [0.717, 1.165) is 17.5 Å². The molecule has 1 saturated heterocycles. The van der Waals surface area contributed by atoms with E-state index in [9.17, 15) is 9.59 Å². The van der Waals surface area contributed by atoms with Gasteiger partial charge in [-0.05, 0) is 28.7 Å². The molecule has 0 aromatic heterocycles. The van der Waals surface area contributed by atoms with E-state index in [0.29, 0.717) is 38.3 Å². The van der Waals surface area contributed by atoms with Gasteiger partial charge >= 0.3 is 0 Å². The van der Waals surface area contributed by atoms with Gasteiger partial charge in [-0.15, -0.1) is 0 Å². The Morgan fingerprint density at radius 2 is 1.42 bits per heavy atom. The van der Waals surface area contributed by atoms with E-state index in [1.54, 1.807) is 0 Å². The number of fused-ring (bicyclic) bond motifs is 1. The third-order valence-corrected chi connectivity index (χ3v) is 7.74. The maximum Gasteiger partial charge on any atom is 0.227 e. The van der Waals surface area contributed by atoms with Crippen LogP contribution in [-0.4, -0.2) is 29.7 Å². The molecule has 33 heavy (non-hydrogen) atoms. The van der Waals surface area contributed by atoms with E-state index in [4.69, 9.17) is 5.73 Å². The fraction of sp³-hybridized carbons (Fsp3) is 0.310. The summed E-state index contributed by atoms with van der Waals surface area (Å²) >= 11 is 0. The van der Waals surface area contributed by atoms with E-state index in [2.05, 4.69) is 48.5 Å². The quantitative estimate of drug-likeness (QED) is 0.652. The minimum atomic E-state index is -0.273. The number of amides is 1. The summed E-state index contributed by atoms with van der Waals surface area (Å²) in [5.41, 5.74) is 10.1. The largest absolute Gasteiger partial charge is 0.341 e. The van der Waals surface area contributed by atoms with Crippen molar-refractivity contribution in [2.45, 2.75) is 31.2 Å². The fourth-order valence-corrected chi connectivity index (χ4v) is 6.08. The summed E-state index contributed by atoms with van der Waals surface area (Å²) in [6.07, 6.45) is 1.65. The molecule has 2 fully saturated rings. The molecule has 2 atom stereocenters. The van der Waals surface area contributed by atoms with Gasteiger partial charge in [0.25, 0.3) is 0 Å². The van der Waals surface area contributed by atoms with Crippen LogP contribution in [0, 0.1) is 11.8 Å². The van der Waals surface area contributed by atoms with Crippen molar-refractivity contribution in [1.82, 2.24) is 4.90 Å². The summed E-state index contributed by atoms with van der Waals surface area (Å²) in [6.45, 7) is 1.52. The van der Waals surface area contributed by atoms with Crippen LogP contribution in [0.3, 0.4) is 0 Å². The zero-order valence-electron chi connectivity index (χ0n) is 18.8. The summed E-state index contributed by atoms with van der Waals surface area (Å²) in [4.78, 5) is 28.4. The monoisotopic (exact) mass is 438 g/mol. The van der Waals surface area contributed by atoms with Crippen LogP contribution in [0.2, 0.25) is 0 Å². The van der Waals surface area contributed by atoms with Crippen LogP contribution < -0.4 is 5.73 Å². The molecule has 1 aliphatic carbocycles. The van der Waals surface area contributed by atoms with E-state index in [-0.39, 0.29) is 23.2 Å². The summed E-state index contributed by atoms with van der Waals surface area (Å²) in [5.74, 6) is 0.304. The van der Waals surface area contributed by atoms with Crippen molar-refractivity contribution in [3.63, 3.8) is 0 Å². The molecule has 2 unspecified atom stereocenters. The lowest BCUT2D eigenvalue weighted by Gasteiger charge is -2.45. The molecule has 1 aliphatic heterocycles. The summed E-state index contributed by atoms with van der Waals surface area (Å²) < 4.78 is 0. The van der Waals surface area contributed by atoms with Gasteiger partial charge in [-0.2, -0.15) is 0 Å². The number of nitrogens with two attached hydrogens (primary N) is 1. The molecule has 3 aromatic carbocycles. The average Bonchev–Trinajstić information content (AvgIpc) is 3.33. The Kier molecular flexibility index (Phi) is 5.86. The van der Waals surface area contributed by atoms with E-state index >= 15 is 0 Å². The van der Waals surface area contributed by atoms with Crippen LogP contribution in [0.5, 0.6) is 0 Å². The van der Waals surface area contributed by atoms with Crippen molar-refractivity contribution in [3.05, 3.63) is 107 Å². The summed E-state index contributed by atoms with van der Waals surface area (Å²) in [7, 11) is 0. The molecule has 1 amide bonds. The van der Waals surface area contributed by atoms with Crippen LogP contribution in [0.25, 0.3) is 0 Å². The molecule has 1 saturated carbocycles. The Morgan fingerprint density at radius 1 is 0.848 bits per heavy atom. The van der Waals surface area contributed by atoms with Crippen molar-refractivity contribution in [2.75, 3.05) is 13.1 Å². The lowest BCUT2D eigenvalue weighted by Crippen LogP contribution is -2.47. The number of carbonyl (C=O) groups is 2. The molecule has 3 aromatic rings. The second-order valence-electron chi connectivity index (χ2n) is 9.33. The molecule has 4 heteroatoms. The molecule has 2 aliphatic rings. The van der Waals surface area contributed by atoms with Crippen molar-refractivity contribution in [3.8, 4) is 0 Å². The number of nitrogens with zero attached hydrogens (tertiary/aromatic N) is 1. The predicted molar refractivity (Wildman–Crippen MR) is 130 cm³/mol. The molecule has 2 N–H and O–H groups in total. The van der Waals surface area contributed by atoms with Gasteiger partial charge in [0, 0.05) is 43.3 Å². The zero-order valence-corrected chi connectivity index (χ0v) is 18.8. The molecule has 168 valence electrons. The molecule has 0 radical (unpaired) electrons. The van der Waals surface area contributed by atoms with Crippen LogP contribution in [0.4, 0.5) is 0 Å². The SMILES string of the molecule is NCc1ccccc1CC(=O)N1CC2C(=O)CCC(c3ccccc3)(c3ccccc3)C2C1. The second kappa shape index (κ2) is 8.95. The first kappa shape index (κ1) is 21.6. The molecule has 1 heterocycles. The van der Waals surface area contributed by atoms with E-state index in [1.165, 1.54) is 11.1 Å². The standard InChI is InChI=1S/C29H30N2O2/c30-18-22-10-8-7-9-21(22)17-28(33)31-19-25-26(20-31)29(16-15-27(25)32,23-11-3-1-4-12-23)24-13-5-2-6-14-24/h1-14,25-26H,15-20,30H2. The number of rotatable bonds is 5. The fourth-order valence-electron chi connectivity index (χ4n) is 6.08. The van der Waals surface area contributed by atoms with Gasteiger partial charge in [0.15, 0.2) is 0 Å². The molecule has 0 spiro atoms. The Morgan fingerprint density at radius 3 is 2.03 bits per heavy atom. The van der Waals surface area contributed by atoms with Gasteiger partial charge in [-0.1, -0.05) is 84.9 Å². The Labute approximate surface area is 195 Å². The normalized spacial score (nSPS) is 21.6. The van der Waals surface area contributed by atoms with Crippen molar-refractivity contribution < 1.29 is 9.59 Å². The molecule has 5 rings (SSSR count). The number of benzene rings is 3. The van der Waals surface area contributed by atoms with E-state index in [1.807, 2.05) is 41.3 Å². The van der Waals surface area contributed by atoms with Gasteiger partial charge in [0.2, 0.25) is 5.91 Å². The third-order valence-electron chi connectivity index (χ3n) is 7.74. The first-order chi connectivity index (χ1) is 16.1. The third kappa shape index (κ3) is 3.79. The van der Waals surface area contributed by atoms with Gasteiger partial charge < -0.3 is 10.6 Å². The lowest BCUT2D eigenvalue weighted by molar-refractivity contribution is -0.129. The van der Waals surface area contributed by atoms with Gasteiger partial charge in [0.1, 0.15) is 5.78 Å². The van der Waals surface area contributed by atoms with Crippen LogP contribution in [0.15, 0.2) is 84.9 Å². The number of carbonyl (C=O) groups excluding carboxylic acids is 2. The van der Waals surface area contributed by atoms with Gasteiger partial charge in [-0.25, -0.2) is 0 Å². The topological polar surface area (TPSA) is 63.4 Å². The number of Topliss-reactive ketones (excluding diaryl/α,β-unsaturated/α-hetero) is 1. The number of hydrogen-bond acceptors (Lipinski definition) is 3. The number of likely N-dealkylation sites (tertiary alicyclic amines) is 1. The highest BCUT2D eigenvalue weighted by molar-refractivity contribution is 5.86. The number of ketones is 1. The van der Waals surface area contributed by atoms with Crippen molar-refractivity contribution >= 4 is 11.7 Å². The number of hydrogen-bond donors (Lipinski definition) is 1. The van der Waals surface area contributed by atoms with E-state index < -0.39 is 0 Å². The Hall–Kier alpha value is -3.24. The molecule has 0 bridgehead atoms. The Balaban J connectivity index is 1.50. The van der Waals surface area contributed by atoms with Crippen LogP contribution in [-0.2, 0) is 28.0 Å². The lowest BCUT2D eigenvalue weighted by atomic mass is 9.56. The maximum atomic E-state index is 13.4. The zero-order chi connectivity index (χ0) is 22.8. The minimum Gasteiger partial charge on any atom is -0.341 e. The maximum absolute atomic E-state index is 13.4. The Bertz CT molecular complexity index is 1100. The molecule has 4 nitrogen and oxygen atoms in total. The highest BCUT2D eigenvalue weighted by atomic mass is 16.2. The van der Waals surface area contributed by atoms with Crippen molar-refractivity contribution in [2.24, 2.45) is 17.6 Å². The van der Waals surface area contributed by atoms with Gasteiger partial charge in [0.05, 0.1) is 6.42 Å².